The maximum Gasteiger partial charge on any atom is 0.197 e. The molecule has 0 atom stereocenters. The van der Waals surface area contributed by atoms with Crippen molar-refractivity contribution in [3.05, 3.63) is 163 Å². The first kappa shape index (κ1) is 61.4. The molecule has 0 unspecified atom stereocenters. The summed E-state index contributed by atoms with van der Waals surface area (Å²) in [7, 11) is 8.82. The van der Waals surface area contributed by atoms with Crippen LogP contribution in [0.4, 0.5) is 11.4 Å². The zero-order chi connectivity index (χ0) is 58.3. The van der Waals surface area contributed by atoms with Crippen molar-refractivity contribution in [2.75, 3.05) is 37.0 Å². The third kappa shape index (κ3) is 14.3. The van der Waals surface area contributed by atoms with E-state index in [0.29, 0.717) is 0 Å². The van der Waals surface area contributed by atoms with Gasteiger partial charge in [-0.25, -0.2) is 0 Å². The molecule has 8 aromatic rings. The van der Waals surface area contributed by atoms with E-state index in [4.69, 9.17) is 0 Å². The Labute approximate surface area is 499 Å². The van der Waals surface area contributed by atoms with Crippen LogP contribution < -0.4 is 20.7 Å². The van der Waals surface area contributed by atoms with E-state index in [0.717, 1.165) is 82.4 Å². The van der Waals surface area contributed by atoms with Gasteiger partial charge in [0.25, 0.3) is 0 Å². The van der Waals surface area contributed by atoms with Crippen molar-refractivity contribution in [1.29, 1.82) is 0 Å². The summed E-state index contributed by atoms with van der Waals surface area (Å²) in [6.45, 7) is 11.6. The molecule has 9 rings (SSSR count). The lowest BCUT2D eigenvalue weighted by Crippen LogP contribution is -2.27. The van der Waals surface area contributed by atoms with Crippen LogP contribution in [0.15, 0.2) is 119 Å². The van der Waals surface area contributed by atoms with Crippen LogP contribution in [0, 0.1) is 13.8 Å². The number of fused-ring (bicyclic) bond motifs is 7. The van der Waals surface area contributed by atoms with Gasteiger partial charge in [-0.05, 0) is 170 Å². The van der Waals surface area contributed by atoms with Gasteiger partial charge in [0, 0.05) is 79.6 Å². The predicted octanol–water partition coefficient (Wildman–Crippen LogP) is 20.1. The van der Waals surface area contributed by atoms with Gasteiger partial charge < -0.3 is 18.9 Å². The molecule has 83 heavy (non-hydrogen) atoms. The second-order valence-electron chi connectivity index (χ2n) is 25.6. The first-order valence-electron chi connectivity index (χ1n) is 33.2. The van der Waals surface area contributed by atoms with E-state index in [9.17, 15) is 9.59 Å². The Hall–Kier alpha value is -6.14. The Morgan fingerprint density at radius 2 is 0.735 bits per heavy atom. The van der Waals surface area contributed by atoms with Crippen molar-refractivity contribution in [3.63, 3.8) is 0 Å². The summed E-state index contributed by atoms with van der Waals surface area (Å²) >= 11 is 0. The predicted molar refractivity (Wildman–Crippen MR) is 361 cm³/mol. The van der Waals surface area contributed by atoms with E-state index in [1.54, 1.807) is 11.1 Å². The van der Waals surface area contributed by atoms with Gasteiger partial charge in [-0.2, -0.15) is 0 Å². The highest BCUT2D eigenvalue weighted by Gasteiger charge is 2.43. The zero-order valence-corrected chi connectivity index (χ0v) is 52.7. The maximum absolute atomic E-state index is 13.4. The van der Waals surface area contributed by atoms with Crippen LogP contribution in [-0.4, -0.2) is 36.3 Å². The van der Waals surface area contributed by atoms with Crippen LogP contribution in [-0.2, 0) is 32.4 Å². The first-order valence-corrected chi connectivity index (χ1v) is 33.2. The fourth-order valence-corrected chi connectivity index (χ4v) is 14.6. The molecule has 0 amide bonds. The number of unbranched alkanes of at least 4 members (excludes halogenated alkanes) is 20. The average Bonchev–Trinajstić information content (AvgIpc) is 2.17. The number of anilines is 2. The van der Waals surface area contributed by atoms with Gasteiger partial charge in [0.2, 0.25) is 0 Å². The van der Waals surface area contributed by atoms with Gasteiger partial charge in [0.05, 0.1) is 22.1 Å². The van der Waals surface area contributed by atoms with Gasteiger partial charge in [0.15, 0.2) is 10.9 Å². The molecule has 0 bridgehead atoms. The van der Waals surface area contributed by atoms with E-state index < -0.39 is 0 Å². The molecule has 0 radical (unpaired) electrons. The Bertz CT molecular complexity index is 3330. The smallest absolute Gasteiger partial charge is 0.197 e. The molecule has 0 saturated heterocycles. The maximum atomic E-state index is 13.4. The number of benzene rings is 6. The Morgan fingerprint density at radius 3 is 1.14 bits per heavy atom. The molecule has 6 heteroatoms. The van der Waals surface area contributed by atoms with Crippen LogP contribution in [0.5, 0.6) is 0 Å². The molecule has 1 aliphatic rings. The highest BCUT2D eigenvalue weighted by molar-refractivity contribution is 5.95. The molecule has 442 valence electrons. The number of nitrogens with zero attached hydrogens (tertiary/aromatic N) is 4. The van der Waals surface area contributed by atoms with E-state index in [-0.39, 0.29) is 16.3 Å². The van der Waals surface area contributed by atoms with Gasteiger partial charge >= 0.3 is 0 Å². The number of rotatable bonds is 34. The van der Waals surface area contributed by atoms with Crippen molar-refractivity contribution >= 4 is 55.0 Å². The van der Waals surface area contributed by atoms with Crippen molar-refractivity contribution in [1.82, 2.24) is 9.13 Å². The summed E-state index contributed by atoms with van der Waals surface area (Å²) < 4.78 is 4.31. The van der Waals surface area contributed by atoms with Gasteiger partial charge in [-0.1, -0.05) is 191 Å². The lowest BCUT2D eigenvalue weighted by Gasteiger charge is -2.34. The van der Waals surface area contributed by atoms with Gasteiger partial charge in [-0.3, -0.25) is 9.59 Å². The second kappa shape index (κ2) is 29.6. The molecule has 6 nitrogen and oxygen atoms in total. The molecular weight excluding hydrogens is 1010 g/mol. The average molecular weight is 1120 g/mol. The van der Waals surface area contributed by atoms with E-state index in [1.165, 1.54) is 199 Å². The third-order valence-corrected chi connectivity index (χ3v) is 19.5. The summed E-state index contributed by atoms with van der Waals surface area (Å²) in [5.74, 6) is 0. The van der Waals surface area contributed by atoms with Crippen molar-refractivity contribution in [2.45, 2.75) is 213 Å². The lowest BCUT2D eigenvalue weighted by atomic mass is 9.70. The Balaban J connectivity index is 0.823. The first-order chi connectivity index (χ1) is 40.4. The van der Waals surface area contributed by atoms with Crippen LogP contribution in [0.3, 0.4) is 0 Å². The Morgan fingerprint density at radius 1 is 0.386 bits per heavy atom. The molecule has 0 aliphatic heterocycles. The van der Waals surface area contributed by atoms with Gasteiger partial charge in [-0.15, -0.1) is 0 Å². The standard InChI is InChI=1S/C77H102N4O2/c1-9-11-13-15-23-33-47-77(48-34-24-16-14-12-10-2)67-51-57(3)73(78(5)49-35-25-19-17-21-27-37-59-43-45-71-65(53-59)75(82)61-39-29-31-41-69(61)80(71)7)55-63(67)64-56-74(58(4)52-68(64)77)79(6)50-36-26-20-18-22-28-38-60-44-46-72-66(54-60)76(83)62-40-30-32-42-70(62)81(72)8/h29-32,39-46,51-56H,9-28,33-38,47-50H2,1-8H3. The highest BCUT2D eigenvalue weighted by Crippen LogP contribution is 2.57. The minimum atomic E-state index is 0.0600. The van der Waals surface area contributed by atoms with Crippen LogP contribution in [0.25, 0.3) is 54.7 Å². The molecule has 2 aromatic heterocycles. The van der Waals surface area contributed by atoms with E-state index in [1.807, 2.05) is 48.5 Å². The van der Waals surface area contributed by atoms with Crippen LogP contribution >= 0.6 is 0 Å². The number of aromatic nitrogens is 2. The summed E-state index contributed by atoms with van der Waals surface area (Å²) in [6, 6.07) is 39.6. The van der Waals surface area contributed by atoms with Crippen LogP contribution in [0.2, 0.25) is 0 Å². The highest BCUT2D eigenvalue weighted by atomic mass is 16.1. The Kier molecular flexibility index (Phi) is 21.9. The van der Waals surface area contributed by atoms with Gasteiger partial charge in [0.1, 0.15) is 0 Å². The molecule has 0 fully saturated rings. The van der Waals surface area contributed by atoms with Crippen molar-refractivity contribution < 1.29 is 0 Å². The summed E-state index contributed by atoms with van der Waals surface area (Å²) in [4.78, 5) is 32.0. The number of pyridine rings is 2. The zero-order valence-electron chi connectivity index (χ0n) is 52.7. The summed E-state index contributed by atoms with van der Waals surface area (Å²) in [5, 5.41) is 3.28. The second-order valence-corrected chi connectivity index (χ2v) is 25.6. The monoisotopic (exact) mass is 1110 g/mol. The molecular formula is C77H102N4O2. The fraction of sp³-hybridized carbons (Fsp3) is 0.506. The summed E-state index contributed by atoms with van der Waals surface area (Å²) in [5.41, 5.74) is 18.8. The van der Waals surface area contributed by atoms with E-state index >= 15 is 0 Å². The van der Waals surface area contributed by atoms with Crippen molar-refractivity contribution in [2.24, 2.45) is 14.1 Å². The lowest BCUT2D eigenvalue weighted by molar-refractivity contribution is 0.397. The normalized spacial score (nSPS) is 12.8. The SMILES string of the molecule is CCCCCCCCC1(CCCCCCCC)c2cc(C)c(N(C)CCCCCCCCc3ccc4c(c3)c(=O)c3ccccc3n4C)cc2-c2cc(N(C)CCCCCCCCc3ccc4c(c3)c(=O)c3ccccc3n4C)c(C)cc21. The quantitative estimate of drug-likeness (QED) is 0.0298. The minimum Gasteiger partial charge on any atom is -0.374 e. The largest absolute Gasteiger partial charge is 0.374 e. The number of hydrogen-bond donors (Lipinski definition) is 0. The third-order valence-electron chi connectivity index (χ3n) is 19.5. The minimum absolute atomic E-state index is 0.0600. The summed E-state index contributed by atoms with van der Waals surface area (Å²) in [6.07, 6.45) is 35.2. The molecule has 0 N–H and O–H groups in total. The van der Waals surface area contributed by atoms with E-state index in [2.05, 4.69) is 135 Å². The van der Waals surface area contributed by atoms with Crippen molar-refractivity contribution in [3.8, 4) is 11.1 Å². The van der Waals surface area contributed by atoms with Crippen LogP contribution in [0.1, 0.15) is 214 Å². The molecule has 0 spiro atoms. The molecule has 6 aromatic carbocycles. The number of hydrogen-bond acceptors (Lipinski definition) is 4. The fourth-order valence-electron chi connectivity index (χ4n) is 14.6. The topological polar surface area (TPSA) is 50.5 Å². The molecule has 2 heterocycles. The number of para-hydroxylation sites is 2. The molecule has 1 aliphatic carbocycles. The molecule has 0 saturated carbocycles. The number of aryl methyl sites for hydroxylation is 6.